The number of nitrogens with two attached hydrogens (primary N) is 1. The van der Waals surface area contributed by atoms with Crippen molar-refractivity contribution in [1.82, 2.24) is 25.6 Å². The summed E-state index contributed by atoms with van der Waals surface area (Å²) in [6, 6.07) is 12.8. The molecule has 1 aromatic heterocycles. The van der Waals surface area contributed by atoms with Crippen LogP contribution in [-0.4, -0.2) is 88.8 Å². The molecule has 10 heteroatoms. The van der Waals surface area contributed by atoms with Gasteiger partial charge in [0.05, 0.1) is 6.10 Å². The van der Waals surface area contributed by atoms with Crippen LogP contribution < -0.4 is 16.5 Å². The number of amides is 2. The molecule has 1 fully saturated rings. The minimum atomic E-state index is -0.579. The van der Waals surface area contributed by atoms with Gasteiger partial charge in [0.2, 0.25) is 12.3 Å². The SMILES string of the molecule is C=C/C(=C\C=C/C)CC(CC(O)CN1CCN(Cc2cccnc2)CC1)C(N)=O.CC.CC(C)(C)NC=O.CNO.c1ccc2c(c1)CCC2. The van der Waals surface area contributed by atoms with E-state index in [-0.39, 0.29) is 11.4 Å². The van der Waals surface area contributed by atoms with Gasteiger partial charge in [-0.3, -0.25) is 24.4 Å². The quantitative estimate of drug-likeness (QED) is 0.112. The van der Waals surface area contributed by atoms with Crippen molar-refractivity contribution >= 4 is 12.3 Å². The molecule has 2 unspecified atom stereocenters. The zero-order valence-corrected chi connectivity index (χ0v) is 31.8. The van der Waals surface area contributed by atoms with Crippen LogP contribution in [0.25, 0.3) is 0 Å². The van der Waals surface area contributed by atoms with Gasteiger partial charge in [0.1, 0.15) is 0 Å². The first-order chi connectivity index (χ1) is 24.0. The van der Waals surface area contributed by atoms with Crippen molar-refractivity contribution in [2.45, 2.75) is 91.8 Å². The molecular weight excluding hydrogens is 628 g/mol. The molecule has 2 amide bonds. The third kappa shape index (κ3) is 22.1. The molecule has 2 aromatic rings. The fourth-order valence-electron chi connectivity index (χ4n) is 5.30. The standard InChI is InChI=1S/C23H34N4O2.C9H10.C5H11NO.C2H6.CH5NO/c1-3-5-7-19(4-2)14-21(23(24)29)15-22(28)18-27-12-10-26(11-13-27)17-20-8-6-9-25-16-20;1-2-5-9-7-3-6-8(9)4-1;1-5(2,3)6-4-7;1-2;1-2-3/h3-9,16,21-22,28H,2,10-15,17-18H2,1H3,(H2,24,29);1-2,4-5H,3,6-7H2;4H,1-3H3,(H,6,7);1-2H3;2-3H,1H3/b5-3-,19-7+;;;;. The molecule has 280 valence electrons. The molecule has 2 heterocycles. The number of allylic oxidation sites excluding steroid dienone is 5. The molecule has 2 atom stereocenters. The Morgan fingerprint density at radius 2 is 1.64 bits per heavy atom. The average Bonchev–Trinajstić information content (AvgIpc) is 3.58. The zero-order chi connectivity index (χ0) is 37.8. The second kappa shape index (κ2) is 28.1. The highest BCUT2D eigenvalue weighted by molar-refractivity contribution is 5.77. The van der Waals surface area contributed by atoms with Crippen LogP contribution in [0.5, 0.6) is 0 Å². The summed E-state index contributed by atoms with van der Waals surface area (Å²) in [7, 11) is 1.43. The van der Waals surface area contributed by atoms with Gasteiger partial charge in [-0.05, 0) is 88.1 Å². The van der Waals surface area contributed by atoms with Crippen LogP contribution in [-0.2, 0) is 29.0 Å². The van der Waals surface area contributed by atoms with E-state index in [4.69, 9.17) is 10.9 Å². The number of aliphatic hydroxyl groups excluding tert-OH is 1. The van der Waals surface area contributed by atoms with E-state index >= 15 is 0 Å². The molecule has 6 N–H and O–H groups in total. The molecule has 0 saturated carbocycles. The lowest BCUT2D eigenvalue weighted by Crippen LogP contribution is -2.48. The van der Waals surface area contributed by atoms with Gasteiger partial charge in [0.15, 0.2) is 0 Å². The summed E-state index contributed by atoms with van der Waals surface area (Å²) >= 11 is 0. The topological polar surface area (TPSA) is 144 Å². The number of hydrogen-bond acceptors (Lipinski definition) is 8. The van der Waals surface area contributed by atoms with E-state index in [9.17, 15) is 14.7 Å². The van der Waals surface area contributed by atoms with Crippen molar-refractivity contribution < 1.29 is 19.9 Å². The fraction of sp³-hybridized carbons (Fsp3) is 0.525. The number of hydroxylamine groups is 1. The summed E-state index contributed by atoms with van der Waals surface area (Å²) in [4.78, 5) is 30.4. The van der Waals surface area contributed by atoms with Crippen molar-refractivity contribution in [3.05, 3.63) is 102 Å². The molecule has 0 bridgehead atoms. The number of aryl methyl sites for hydroxylation is 2. The van der Waals surface area contributed by atoms with Crippen LogP contribution in [0, 0.1) is 5.92 Å². The fourth-order valence-corrected chi connectivity index (χ4v) is 5.30. The number of carbonyl (C=O) groups excluding carboxylic acids is 2. The van der Waals surface area contributed by atoms with Gasteiger partial charge in [0, 0.05) is 70.2 Å². The molecule has 1 saturated heterocycles. The number of rotatable bonds is 12. The number of primary amides is 1. The highest BCUT2D eigenvalue weighted by Crippen LogP contribution is 2.21. The van der Waals surface area contributed by atoms with Crippen LogP contribution in [0.15, 0.2) is 85.2 Å². The van der Waals surface area contributed by atoms with Crippen LogP contribution in [0.4, 0.5) is 0 Å². The lowest BCUT2D eigenvalue weighted by molar-refractivity contribution is -0.122. The Bertz CT molecular complexity index is 1210. The van der Waals surface area contributed by atoms with Gasteiger partial charge in [-0.1, -0.05) is 75.1 Å². The number of hydrogen-bond donors (Lipinski definition) is 5. The Kier molecular flexibility index (Phi) is 26.0. The van der Waals surface area contributed by atoms with Crippen molar-refractivity contribution in [3.8, 4) is 0 Å². The molecule has 0 radical (unpaired) electrons. The Labute approximate surface area is 302 Å². The van der Waals surface area contributed by atoms with E-state index < -0.39 is 12.0 Å². The van der Waals surface area contributed by atoms with E-state index in [1.807, 2.05) is 72.0 Å². The van der Waals surface area contributed by atoms with E-state index in [1.165, 1.54) is 31.9 Å². The molecule has 10 nitrogen and oxygen atoms in total. The molecule has 0 spiro atoms. The Balaban J connectivity index is 0.000000919. The summed E-state index contributed by atoms with van der Waals surface area (Å²) in [6.07, 6.45) is 16.2. The number of nitrogens with one attached hydrogen (secondary N) is 2. The highest BCUT2D eigenvalue weighted by atomic mass is 16.5. The Morgan fingerprint density at radius 3 is 2.08 bits per heavy atom. The van der Waals surface area contributed by atoms with Gasteiger partial charge in [0.25, 0.3) is 0 Å². The largest absolute Gasteiger partial charge is 0.392 e. The summed E-state index contributed by atoms with van der Waals surface area (Å²) in [5.41, 5.74) is 12.6. The number of fused-ring (bicyclic) bond motifs is 1. The lowest BCUT2D eigenvalue weighted by atomic mass is 9.92. The molecule has 50 heavy (non-hydrogen) atoms. The monoisotopic (exact) mass is 695 g/mol. The number of aromatic nitrogens is 1. The van der Waals surface area contributed by atoms with Crippen molar-refractivity contribution in [1.29, 1.82) is 0 Å². The number of β-amino-alcohol motifs (C(OH)–C–C–N with tert-alkyl or cyclic N) is 1. The zero-order valence-electron chi connectivity index (χ0n) is 31.8. The molecule has 4 rings (SSSR count). The smallest absolute Gasteiger partial charge is 0.220 e. The van der Waals surface area contributed by atoms with Crippen molar-refractivity contribution in [2.24, 2.45) is 11.7 Å². The number of piperazine rings is 1. The predicted molar refractivity (Wildman–Crippen MR) is 207 cm³/mol. The minimum absolute atomic E-state index is 0.0677. The maximum Gasteiger partial charge on any atom is 0.220 e. The first kappa shape index (κ1) is 46.3. The first-order valence-corrected chi connectivity index (χ1v) is 17.8. The van der Waals surface area contributed by atoms with Crippen LogP contribution in [0.2, 0.25) is 0 Å². The maximum atomic E-state index is 11.9. The van der Waals surface area contributed by atoms with E-state index in [0.29, 0.717) is 25.8 Å². The highest BCUT2D eigenvalue weighted by Gasteiger charge is 2.24. The van der Waals surface area contributed by atoms with E-state index in [1.54, 1.807) is 28.9 Å². The average molecular weight is 695 g/mol. The summed E-state index contributed by atoms with van der Waals surface area (Å²) in [6.45, 7) is 20.7. The first-order valence-electron chi connectivity index (χ1n) is 17.8. The maximum absolute atomic E-state index is 11.9. The number of nitrogens with zero attached hydrogens (tertiary/aromatic N) is 3. The Morgan fingerprint density at radius 1 is 1.06 bits per heavy atom. The van der Waals surface area contributed by atoms with Crippen LogP contribution in [0.3, 0.4) is 0 Å². The number of aliphatic hydroxyl groups is 1. The second-order valence-electron chi connectivity index (χ2n) is 13.0. The van der Waals surface area contributed by atoms with Gasteiger partial charge in [-0.15, -0.1) is 0 Å². The third-order valence-electron chi connectivity index (χ3n) is 7.77. The minimum Gasteiger partial charge on any atom is -0.392 e. The van der Waals surface area contributed by atoms with Gasteiger partial charge >= 0.3 is 0 Å². The lowest BCUT2D eigenvalue weighted by Gasteiger charge is -2.36. The number of carbonyl (C=O) groups is 2. The van der Waals surface area contributed by atoms with Crippen molar-refractivity contribution in [3.63, 3.8) is 0 Å². The molecule has 1 aliphatic carbocycles. The third-order valence-corrected chi connectivity index (χ3v) is 7.77. The number of pyridine rings is 1. The van der Waals surface area contributed by atoms with Crippen LogP contribution in [0.1, 0.15) is 77.5 Å². The Hall–Kier alpha value is -3.67. The van der Waals surface area contributed by atoms with Crippen molar-refractivity contribution in [2.75, 3.05) is 39.8 Å². The van der Waals surface area contributed by atoms with Gasteiger partial charge < -0.3 is 21.4 Å². The van der Waals surface area contributed by atoms with Crippen LogP contribution >= 0.6 is 0 Å². The summed E-state index contributed by atoms with van der Waals surface area (Å²) in [5.74, 6) is -0.773. The summed E-state index contributed by atoms with van der Waals surface area (Å²) < 4.78 is 0. The number of benzene rings is 1. The molecular formula is C40H66N6O4. The summed E-state index contributed by atoms with van der Waals surface area (Å²) in [5, 5.41) is 20.5. The predicted octanol–water partition coefficient (Wildman–Crippen LogP) is 5.46. The molecule has 2 aliphatic rings. The van der Waals surface area contributed by atoms with E-state index in [0.717, 1.165) is 38.3 Å². The van der Waals surface area contributed by atoms with E-state index in [2.05, 4.69) is 57.0 Å². The molecule has 1 aromatic carbocycles. The second-order valence-corrected chi connectivity index (χ2v) is 13.0. The van der Waals surface area contributed by atoms with Gasteiger partial charge in [-0.2, -0.15) is 0 Å². The normalized spacial score (nSPS) is 15.6. The van der Waals surface area contributed by atoms with Gasteiger partial charge in [-0.25, -0.2) is 5.48 Å². The molecule has 1 aliphatic heterocycles.